The SMILES string of the molecule is CC/C(C)=N/NC(=O)CCC(=O)Nc1ccc2[nH]c(C(=O)Nc3ccc4[nH]c(C(=O)N5CC(Cl)c6c5cc(O)c5ccccc65)cc4c3)cc2c1. The molecule has 4 aromatic carbocycles. The van der Waals surface area contributed by atoms with Crippen molar-refractivity contribution in [3.8, 4) is 5.75 Å². The number of aromatic amines is 2. The number of fused-ring (bicyclic) bond motifs is 5. The zero-order chi connectivity index (χ0) is 35.8. The minimum atomic E-state index is -0.435. The molecular weight excluding hydrogens is 670 g/mol. The number of benzene rings is 4. The Kier molecular flexibility index (Phi) is 8.92. The highest BCUT2D eigenvalue weighted by Crippen LogP contribution is 2.46. The number of aromatic hydroxyl groups is 1. The van der Waals surface area contributed by atoms with E-state index in [0.29, 0.717) is 50.3 Å². The van der Waals surface area contributed by atoms with Gasteiger partial charge < -0.3 is 30.6 Å². The Labute approximate surface area is 296 Å². The van der Waals surface area contributed by atoms with E-state index >= 15 is 0 Å². The van der Waals surface area contributed by atoms with Crippen LogP contribution in [0, 0.1) is 0 Å². The first kappa shape index (κ1) is 33.4. The highest BCUT2D eigenvalue weighted by atomic mass is 35.5. The van der Waals surface area contributed by atoms with Crippen molar-refractivity contribution < 1.29 is 24.3 Å². The van der Waals surface area contributed by atoms with Gasteiger partial charge in [0.25, 0.3) is 11.8 Å². The van der Waals surface area contributed by atoms with Gasteiger partial charge in [-0.3, -0.25) is 19.2 Å². The fourth-order valence-corrected chi connectivity index (χ4v) is 6.57. The molecular formula is C38H34ClN7O5. The lowest BCUT2D eigenvalue weighted by atomic mass is 10.0. The second-order valence-electron chi connectivity index (χ2n) is 12.5. The average molecular weight is 704 g/mol. The number of carbonyl (C=O) groups is 4. The Balaban J connectivity index is 1.01. The molecule has 3 heterocycles. The number of anilines is 3. The van der Waals surface area contributed by atoms with Crippen molar-refractivity contribution in [2.45, 2.75) is 38.5 Å². The van der Waals surface area contributed by atoms with Crippen molar-refractivity contribution in [3.05, 3.63) is 95.8 Å². The summed E-state index contributed by atoms with van der Waals surface area (Å²) in [5.41, 5.74) is 7.75. The molecule has 7 rings (SSSR count). The summed E-state index contributed by atoms with van der Waals surface area (Å²) in [7, 11) is 0. The molecule has 1 aliphatic heterocycles. The van der Waals surface area contributed by atoms with Gasteiger partial charge >= 0.3 is 0 Å². The van der Waals surface area contributed by atoms with Crippen LogP contribution < -0.4 is 21.0 Å². The number of aromatic nitrogens is 2. The van der Waals surface area contributed by atoms with Crippen molar-refractivity contribution in [1.82, 2.24) is 15.4 Å². The quantitative estimate of drug-likeness (QED) is 0.0525. The molecule has 6 aromatic rings. The van der Waals surface area contributed by atoms with E-state index in [9.17, 15) is 24.3 Å². The van der Waals surface area contributed by atoms with Gasteiger partial charge in [-0.15, -0.1) is 11.6 Å². The third kappa shape index (κ3) is 6.73. The van der Waals surface area contributed by atoms with Crippen LogP contribution in [-0.2, 0) is 9.59 Å². The van der Waals surface area contributed by atoms with Crippen LogP contribution in [0.4, 0.5) is 17.1 Å². The number of alkyl halides is 1. The van der Waals surface area contributed by atoms with E-state index in [0.717, 1.165) is 28.5 Å². The molecule has 0 saturated carbocycles. The summed E-state index contributed by atoms with van der Waals surface area (Å²) in [6.45, 7) is 4.00. The number of nitrogens with one attached hydrogen (secondary N) is 5. The largest absolute Gasteiger partial charge is 0.507 e. The minimum absolute atomic E-state index is 0.000336. The number of nitrogens with zero attached hydrogens (tertiary/aromatic N) is 2. The zero-order valence-corrected chi connectivity index (χ0v) is 28.5. The van der Waals surface area contributed by atoms with Gasteiger partial charge in [-0.1, -0.05) is 31.2 Å². The number of hydrogen-bond donors (Lipinski definition) is 6. The van der Waals surface area contributed by atoms with Crippen molar-refractivity contribution in [2.24, 2.45) is 5.10 Å². The van der Waals surface area contributed by atoms with E-state index in [1.54, 1.807) is 59.5 Å². The number of H-pyrrole nitrogens is 2. The summed E-state index contributed by atoms with van der Waals surface area (Å²) in [5, 5.41) is 22.8. The maximum atomic E-state index is 13.7. The normalized spacial score (nSPS) is 14.2. The number of hydrogen-bond acceptors (Lipinski definition) is 6. The van der Waals surface area contributed by atoms with Gasteiger partial charge in [-0.05, 0) is 67.3 Å². The number of rotatable bonds is 9. The summed E-state index contributed by atoms with van der Waals surface area (Å²) in [5.74, 6) is -1.24. The van der Waals surface area contributed by atoms with E-state index in [-0.39, 0.29) is 48.8 Å². The molecule has 2 aromatic heterocycles. The van der Waals surface area contributed by atoms with Gasteiger partial charge in [-0.25, -0.2) is 5.43 Å². The van der Waals surface area contributed by atoms with Crippen LogP contribution in [0.2, 0.25) is 0 Å². The van der Waals surface area contributed by atoms with Crippen LogP contribution in [0.15, 0.2) is 84.0 Å². The van der Waals surface area contributed by atoms with Crippen molar-refractivity contribution in [2.75, 3.05) is 22.1 Å². The first-order chi connectivity index (χ1) is 24.6. The van der Waals surface area contributed by atoms with Gasteiger partial charge in [0.1, 0.15) is 17.1 Å². The number of halogens is 1. The fraction of sp³-hybridized carbons (Fsp3) is 0.184. The van der Waals surface area contributed by atoms with Gasteiger partial charge in [0.2, 0.25) is 11.8 Å². The molecule has 258 valence electrons. The van der Waals surface area contributed by atoms with Gasteiger partial charge in [0.05, 0.1) is 11.1 Å². The van der Waals surface area contributed by atoms with Crippen LogP contribution in [-0.4, -0.2) is 51.0 Å². The molecule has 6 N–H and O–H groups in total. The van der Waals surface area contributed by atoms with E-state index in [2.05, 4.69) is 31.1 Å². The Hall–Kier alpha value is -6.14. The summed E-state index contributed by atoms with van der Waals surface area (Å²) >= 11 is 6.73. The topological polar surface area (TPSA) is 172 Å². The van der Waals surface area contributed by atoms with Gasteiger partial charge in [0, 0.05) is 75.3 Å². The predicted molar refractivity (Wildman–Crippen MR) is 200 cm³/mol. The highest BCUT2D eigenvalue weighted by molar-refractivity contribution is 6.25. The molecule has 0 aliphatic carbocycles. The summed E-state index contributed by atoms with van der Waals surface area (Å²) in [6.07, 6.45) is 0.714. The second-order valence-corrected chi connectivity index (χ2v) is 13.0. The van der Waals surface area contributed by atoms with Gasteiger partial charge in [-0.2, -0.15) is 5.10 Å². The molecule has 0 spiro atoms. The first-order valence-corrected chi connectivity index (χ1v) is 16.9. The van der Waals surface area contributed by atoms with Crippen molar-refractivity contribution >= 4 is 90.6 Å². The maximum Gasteiger partial charge on any atom is 0.274 e. The standard InChI is InChI=1S/C38H34ClN7O5/c1-3-20(2)44-45-35(49)13-12-34(48)40-23-8-10-28-21(14-23)16-30(42-28)37(50)41-24-9-11-29-22(15-24)17-31(43-29)38(51)46-19-27(39)36-26-7-5-4-6-25(26)33(47)18-32(36)46/h4-11,14-18,27,42-43,47H,3,12-13,19H2,1-2H3,(H,40,48)(H,41,50)(H,45,49)/b44-20+. The zero-order valence-electron chi connectivity index (χ0n) is 27.8. The lowest BCUT2D eigenvalue weighted by Crippen LogP contribution is -2.29. The Morgan fingerprint density at radius 3 is 2.18 bits per heavy atom. The molecule has 13 heteroatoms. The first-order valence-electron chi connectivity index (χ1n) is 16.5. The van der Waals surface area contributed by atoms with Crippen LogP contribution >= 0.6 is 11.6 Å². The second kappa shape index (κ2) is 13.6. The molecule has 1 unspecified atom stereocenters. The lowest BCUT2D eigenvalue weighted by molar-refractivity contribution is -0.124. The molecule has 0 fully saturated rings. The molecule has 1 aliphatic rings. The molecule has 0 radical (unpaired) electrons. The molecule has 0 saturated heterocycles. The van der Waals surface area contributed by atoms with E-state index in [1.807, 2.05) is 38.1 Å². The Bertz CT molecular complexity index is 2410. The van der Waals surface area contributed by atoms with Gasteiger partial charge in [0.15, 0.2) is 0 Å². The van der Waals surface area contributed by atoms with E-state index in [1.165, 1.54) is 0 Å². The van der Waals surface area contributed by atoms with E-state index < -0.39 is 5.38 Å². The lowest BCUT2D eigenvalue weighted by Gasteiger charge is -2.17. The predicted octanol–water partition coefficient (Wildman–Crippen LogP) is 7.32. The Morgan fingerprint density at radius 2 is 1.47 bits per heavy atom. The number of amides is 4. The van der Waals surface area contributed by atoms with Crippen LogP contribution in [0.1, 0.15) is 65.0 Å². The number of phenolic OH excluding ortho intramolecular Hbond substituents is 1. The summed E-state index contributed by atoms with van der Waals surface area (Å²) < 4.78 is 0. The highest BCUT2D eigenvalue weighted by Gasteiger charge is 2.34. The molecule has 4 amide bonds. The Morgan fingerprint density at radius 1 is 0.843 bits per heavy atom. The third-order valence-electron chi connectivity index (χ3n) is 8.96. The number of hydrazone groups is 1. The average Bonchev–Trinajstić information content (AvgIpc) is 3.84. The molecule has 12 nitrogen and oxygen atoms in total. The van der Waals surface area contributed by atoms with E-state index in [4.69, 9.17) is 11.6 Å². The minimum Gasteiger partial charge on any atom is -0.507 e. The van der Waals surface area contributed by atoms with Crippen molar-refractivity contribution in [3.63, 3.8) is 0 Å². The van der Waals surface area contributed by atoms with Crippen molar-refractivity contribution in [1.29, 1.82) is 0 Å². The third-order valence-corrected chi connectivity index (χ3v) is 9.31. The summed E-state index contributed by atoms with van der Waals surface area (Å²) in [6, 6.07) is 22.9. The molecule has 0 bridgehead atoms. The van der Waals surface area contributed by atoms with Crippen LogP contribution in [0.3, 0.4) is 0 Å². The maximum absolute atomic E-state index is 13.7. The number of carbonyl (C=O) groups excluding carboxylic acids is 4. The summed E-state index contributed by atoms with van der Waals surface area (Å²) in [4.78, 5) is 59.2. The smallest absolute Gasteiger partial charge is 0.274 e. The monoisotopic (exact) mass is 703 g/mol. The molecule has 51 heavy (non-hydrogen) atoms. The molecule has 1 atom stereocenters. The van der Waals surface area contributed by atoms with Crippen LogP contribution in [0.5, 0.6) is 5.75 Å². The van der Waals surface area contributed by atoms with Crippen LogP contribution in [0.25, 0.3) is 32.6 Å². The number of phenols is 1. The fourth-order valence-electron chi connectivity index (χ4n) is 6.20.